The largest absolute Gasteiger partial charge is 0.361 e. The molecule has 0 radical (unpaired) electrons. The summed E-state index contributed by atoms with van der Waals surface area (Å²) in [5.74, 6) is 0.769. The Hall–Kier alpha value is -2.46. The molecule has 104 valence electrons. The predicted molar refractivity (Wildman–Crippen MR) is 84.8 cm³/mol. The van der Waals surface area contributed by atoms with Crippen LogP contribution in [0.3, 0.4) is 0 Å². The van der Waals surface area contributed by atoms with Gasteiger partial charge in [-0.15, -0.1) is 0 Å². The molecule has 2 aromatic heterocycles. The average Bonchev–Trinajstić information content (AvgIpc) is 2.99. The van der Waals surface area contributed by atoms with E-state index in [-0.39, 0.29) is 0 Å². The summed E-state index contributed by atoms with van der Waals surface area (Å²) in [4.78, 5) is 12.0. The van der Waals surface area contributed by atoms with Crippen molar-refractivity contribution in [3.63, 3.8) is 0 Å². The number of hydrogen-bond donors (Lipinski definition) is 2. The molecule has 4 heteroatoms. The summed E-state index contributed by atoms with van der Waals surface area (Å²) in [6, 6.07) is 8.18. The van der Waals surface area contributed by atoms with Gasteiger partial charge in [0.05, 0.1) is 0 Å². The Bertz CT molecular complexity index is 802. The van der Waals surface area contributed by atoms with Gasteiger partial charge in [-0.25, -0.2) is 9.97 Å². The van der Waals surface area contributed by atoms with Crippen molar-refractivity contribution in [1.82, 2.24) is 20.3 Å². The zero-order valence-corrected chi connectivity index (χ0v) is 11.6. The quantitative estimate of drug-likeness (QED) is 0.756. The minimum absolute atomic E-state index is 0.769. The van der Waals surface area contributed by atoms with E-state index in [2.05, 4.69) is 50.7 Å². The average molecular weight is 276 g/mol. The van der Waals surface area contributed by atoms with Crippen LogP contribution in [0.25, 0.3) is 27.9 Å². The van der Waals surface area contributed by atoms with E-state index >= 15 is 0 Å². The first kappa shape index (κ1) is 12.3. The van der Waals surface area contributed by atoms with Crippen molar-refractivity contribution in [3.8, 4) is 11.4 Å². The van der Waals surface area contributed by atoms with E-state index in [0.29, 0.717) is 0 Å². The minimum atomic E-state index is 0.769. The van der Waals surface area contributed by atoms with Crippen molar-refractivity contribution in [2.45, 2.75) is 6.42 Å². The van der Waals surface area contributed by atoms with E-state index in [9.17, 15) is 0 Å². The molecule has 0 bridgehead atoms. The normalized spacial score (nSPS) is 15.1. The molecule has 0 aliphatic carbocycles. The number of nitrogens with zero attached hydrogens (tertiary/aromatic N) is 2. The Morgan fingerprint density at radius 2 is 2.00 bits per heavy atom. The van der Waals surface area contributed by atoms with Crippen LogP contribution in [0.15, 0.2) is 48.9 Å². The number of benzene rings is 1. The highest BCUT2D eigenvalue weighted by Gasteiger charge is 2.12. The van der Waals surface area contributed by atoms with Crippen LogP contribution in [0.2, 0.25) is 0 Å². The molecule has 21 heavy (non-hydrogen) atoms. The highest BCUT2D eigenvalue weighted by atomic mass is 14.9. The molecule has 0 spiro atoms. The molecule has 3 heterocycles. The van der Waals surface area contributed by atoms with Crippen molar-refractivity contribution in [2.24, 2.45) is 0 Å². The van der Waals surface area contributed by atoms with Gasteiger partial charge in [0.1, 0.15) is 0 Å². The molecular weight excluding hydrogens is 260 g/mol. The standard InChI is InChI=1S/C17H16N4/c1-6-19-17(20-7-1)13-2-3-16-14(10-13)15(11-21-16)12-4-8-18-9-5-12/h1-4,6-7,10-11,18,21H,5,8-9H2. The van der Waals surface area contributed by atoms with E-state index in [0.717, 1.165) is 36.4 Å². The van der Waals surface area contributed by atoms with Crippen molar-refractivity contribution in [1.29, 1.82) is 0 Å². The second-order valence-corrected chi connectivity index (χ2v) is 5.22. The minimum Gasteiger partial charge on any atom is -0.361 e. The monoisotopic (exact) mass is 276 g/mol. The van der Waals surface area contributed by atoms with Gasteiger partial charge in [-0.2, -0.15) is 0 Å². The summed E-state index contributed by atoms with van der Waals surface area (Å²) >= 11 is 0. The molecule has 1 aliphatic rings. The first-order chi connectivity index (χ1) is 10.4. The molecule has 3 aromatic rings. The lowest BCUT2D eigenvalue weighted by atomic mass is 9.98. The molecule has 0 saturated carbocycles. The summed E-state index contributed by atoms with van der Waals surface area (Å²) < 4.78 is 0. The predicted octanol–water partition coefficient (Wildman–Crippen LogP) is 3.00. The number of fused-ring (bicyclic) bond motifs is 1. The molecule has 1 aromatic carbocycles. The number of rotatable bonds is 2. The Morgan fingerprint density at radius 1 is 1.10 bits per heavy atom. The number of hydrogen-bond acceptors (Lipinski definition) is 3. The molecule has 4 nitrogen and oxygen atoms in total. The SMILES string of the molecule is C1=C(c2c[nH]c3ccc(-c4ncccn4)cc23)CCNC1. The van der Waals surface area contributed by atoms with E-state index in [4.69, 9.17) is 0 Å². The zero-order chi connectivity index (χ0) is 14.1. The highest BCUT2D eigenvalue weighted by Crippen LogP contribution is 2.30. The Morgan fingerprint density at radius 3 is 2.81 bits per heavy atom. The molecule has 0 atom stereocenters. The van der Waals surface area contributed by atoms with E-state index in [1.165, 1.54) is 16.5 Å². The molecular formula is C17H16N4. The smallest absolute Gasteiger partial charge is 0.159 e. The third kappa shape index (κ3) is 2.23. The summed E-state index contributed by atoms with van der Waals surface area (Å²) in [6.07, 6.45) is 9.01. The Balaban J connectivity index is 1.85. The van der Waals surface area contributed by atoms with Crippen LogP contribution in [-0.2, 0) is 0 Å². The number of nitrogens with one attached hydrogen (secondary N) is 2. The van der Waals surface area contributed by atoms with Crippen LogP contribution in [-0.4, -0.2) is 28.0 Å². The third-order valence-corrected chi connectivity index (χ3v) is 3.92. The highest BCUT2D eigenvalue weighted by molar-refractivity contribution is 5.95. The van der Waals surface area contributed by atoms with E-state index < -0.39 is 0 Å². The number of aromatic nitrogens is 3. The van der Waals surface area contributed by atoms with Gasteiger partial charge in [0, 0.05) is 47.2 Å². The second-order valence-electron chi connectivity index (χ2n) is 5.22. The molecule has 0 unspecified atom stereocenters. The van der Waals surface area contributed by atoms with Gasteiger partial charge in [-0.1, -0.05) is 6.08 Å². The number of aromatic amines is 1. The third-order valence-electron chi connectivity index (χ3n) is 3.92. The van der Waals surface area contributed by atoms with Crippen molar-refractivity contribution in [2.75, 3.05) is 13.1 Å². The lowest BCUT2D eigenvalue weighted by Crippen LogP contribution is -2.19. The maximum absolute atomic E-state index is 4.34. The van der Waals surface area contributed by atoms with Gasteiger partial charge in [0.15, 0.2) is 5.82 Å². The van der Waals surface area contributed by atoms with Gasteiger partial charge in [0.2, 0.25) is 0 Å². The first-order valence-corrected chi connectivity index (χ1v) is 7.20. The number of H-pyrrole nitrogens is 1. The summed E-state index contributed by atoms with van der Waals surface area (Å²) in [5, 5.41) is 4.60. The fraction of sp³-hybridized carbons (Fsp3) is 0.176. The summed E-state index contributed by atoms with van der Waals surface area (Å²) in [7, 11) is 0. The fourth-order valence-electron chi connectivity index (χ4n) is 2.84. The van der Waals surface area contributed by atoms with Crippen LogP contribution in [0.4, 0.5) is 0 Å². The van der Waals surface area contributed by atoms with Crippen LogP contribution in [0, 0.1) is 0 Å². The molecule has 4 rings (SSSR count). The zero-order valence-electron chi connectivity index (χ0n) is 11.6. The maximum atomic E-state index is 4.34. The van der Waals surface area contributed by atoms with Gasteiger partial charge >= 0.3 is 0 Å². The van der Waals surface area contributed by atoms with Crippen LogP contribution < -0.4 is 5.32 Å². The molecule has 0 amide bonds. The Labute approximate surface area is 122 Å². The van der Waals surface area contributed by atoms with Gasteiger partial charge in [-0.3, -0.25) is 0 Å². The second kappa shape index (κ2) is 5.14. The lowest BCUT2D eigenvalue weighted by molar-refractivity contribution is 0.739. The van der Waals surface area contributed by atoms with Gasteiger partial charge in [-0.05, 0) is 42.8 Å². The molecule has 0 fully saturated rings. The topological polar surface area (TPSA) is 53.6 Å². The van der Waals surface area contributed by atoms with E-state index in [1.54, 1.807) is 12.4 Å². The summed E-state index contributed by atoms with van der Waals surface area (Å²) in [5.41, 5.74) is 4.91. The molecule has 1 aliphatic heterocycles. The van der Waals surface area contributed by atoms with Crippen LogP contribution in [0.1, 0.15) is 12.0 Å². The molecule has 2 N–H and O–H groups in total. The van der Waals surface area contributed by atoms with Crippen LogP contribution in [0.5, 0.6) is 0 Å². The lowest BCUT2D eigenvalue weighted by Gasteiger charge is -2.13. The molecule has 0 saturated heterocycles. The fourth-order valence-corrected chi connectivity index (χ4v) is 2.84. The van der Waals surface area contributed by atoms with Crippen LogP contribution >= 0.6 is 0 Å². The summed E-state index contributed by atoms with van der Waals surface area (Å²) in [6.45, 7) is 1.99. The first-order valence-electron chi connectivity index (χ1n) is 7.20. The van der Waals surface area contributed by atoms with Gasteiger partial charge < -0.3 is 10.3 Å². The van der Waals surface area contributed by atoms with Crippen molar-refractivity contribution >= 4 is 16.5 Å². The Kier molecular flexibility index (Phi) is 3.01. The van der Waals surface area contributed by atoms with E-state index in [1.807, 2.05) is 6.07 Å². The van der Waals surface area contributed by atoms with Crippen molar-refractivity contribution < 1.29 is 0 Å². The van der Waals surface area contributed by atoms with Gasteiger partial charge in [0.25, 0.3) is 0 Å². The maximum Gasteiger partial charge on any atom is 0.159 e. The van der Waals surface area contributed by atoms with Crippen molar-refractivity contribution in [3.05, 3.63) is 54.5 Å².